The van der Waals surface area contributed by atoms with Gasteiger partial charge in [-0.15, -0.1) is 0 Å². The van der Waals surface area contributed by atoms with Crippen LogP contribution < -0.4 is 9.80 Å². The summed E-state index contributed by atoms with van der Waals surface area (Å²) in [4.78, 5) is 33.7. The molecular weight excluding hydrogens is 561 g/mol. The fourth-order valence-electron chi connectivity index (χ4n) is 5.41. The van der Waals surface area contributed by atoms with E-state index in [1.165, 1.54) is 11.0 Å². The van der Waals surface area contributed by atoms with Gasteiger partial charge in [-0.05, 0) is 61.0 Å². The third kappa shape index (κ3) is 5.13. The second-order valence-electron chi connectivity index (χ2n) is 10.1. The fourth-order valence-corrected chi connectivity index (χ4v) is 6.92. The van der Waals surface area contributed by atoms with Gasteiger partial charge in [-0.3, -0.25) is 9.59 Å². The Morgan fingerprint density at radius 1 is 0.878 bits per heavy atom. The highest BCUT2D eigenvalue weighted by Crippen LogP contribution is 2.36. The van der Waals surface area contributed by atoms with Crippen LogP contribution in [0, 0.1) is 12.7 Å². The van der Waals surface area contributed by atoms with E-state index in [1.54, 1.807) is 65.6 Å². The van der Waals surface area contributed by atoms with Gasteiger partial charge in [-0.25, -0.2) is 8.60 Å². The Labute approximate surface area is 245 Å². The number of carbonyl (C=O) groups excluding carboxylic acids is 2. The number of amides is 2. The molecule has 2 aliphatic heterocycles. The molecule has 0 aliphatic carbocycles. The van der Waals surface area contributed by atoms with E-state index in [1.807, 2.05) is 25.1 Å². The minimum atomic E-state index is -1.67. The van der Waals surface area contributed by atoms with Crippen LogP contribution in [0.25, 0.3) is 0 Å². The van der Waals surface area contributed by atoms with Crippen molar-refractivity contribution in [1.29, 1.82) is 0 Å². The van der Waals surface area contributed by atoms with Gasteiger partial charge in [0.1, 0.15) is 5.82 Å². The minimum absolute atomic E-state index is 0.0701. The minimum Gasteiger partial charge on any atom is -0.368 e. The largest absolute Gasteiger partial charge is 0.368 e. The quantitative estimate of drug-likeness (QED) is 0.290. The maximum atomic E-state index is 14.7. The summed E-state index contributed by atoms with van der Waals surface area (Å²) in [6.07, 6.45) is 0. The van der Waals surface area contributed by atoms with Crippen LogP contribution in [0.1, 0.15) is 31.8 Å². The number of carbonyl (C=O) groups is 2. The average Bonchev–Trinajstić information content (AvgIpc) is 3.08. The highest BCUT2D eigenvalue weighted by Gasteiger charge is 2.33. The molecule has 0 radical (unpaired) electrons. The topological polar surface area (TPSA) is 60.9 Å². The Hall–Kier alpha value is -4.01. The standard InChI is InChI=1S/C32H27ClFN3O3S/c1-21-10-12-24(33)19-27(21)35-14-16-36(17-15-35)31(38)22-11-13-30-28(18-22)37(20-23-6-2-4-8-26(23)34)32(39)25-7-3-5-9-29(25)41(30)40/h2-13,18-19H,14-17,20H2,1H3. The van der Waals surface area contributed by atoms with Crippen molar-refractivity contribution in [3.63, 3.8) is 0 Å². The summed E-state index contributed by atoms with van der Waals surface area (Å²) in [6.45, 7) is 4.28. The number of hydrogen-bond acceptors (Lipinski definition) is 4. The van der Waals surface area contributed by atoms with Crippen LogP contribution in [0.4, 0.5) is 15.8 Å². The summed E-state index contributed by atoms with van der Waals surface area (Å²) >= 11 is 6.22. The van der Waals surface area contributed by atoms with Crippen LogP contribution in [0.2, 0.25) is 5.02 Å². The predicted octanol–water partition coefficient (Wildman–Crippen LogP) is 6.08. The Morgan fingerprint density at radius 3 is 2.39 bits per heavy atom. The maximum absolute atomic E-state index is 14.7. The summed E-state index contributed by atoms with van der Waals surface area (Å²) in [5.74, 6) is -1.02. The number of rotatable bonds is 4. The predicted molar refractivity (Wildman–Crippen MR) is 159 cm³/mol. The highest BCUT2D eigenvalue weighted by molar-refractivity contribution is 7.85. The molecule has 0 bridgehead atoms. The van der Waals surface area contributed by atoms with Gasteiger partial charge >= 0.3 is 0 Å². The van der Waals surface area contributed by atoms with Crippen molar-refractivity contribution < 1.29 is 18.2 Å². The number of halogens is 2. The van der Waals surface area contributed by atoms with E-state index in [0.29, 0.717) is 63.4 Å². The lowest BCUT2D eigenvalue weighted by Crippen LogP contribution is -2.49. The third-order valence-electron chi connectivity index (χ3n) is 7.62. The Morgan fingerprint density at radius 2 is 1.61 bits per heavy atom. The fraction of sp³-hybridized carbons (Fsp3) is 0.188. The Kier molecular flexibility index (Phi) is 7.36. The molecule has 0 aromatic heterocycles. The lowest BCUT2D eigenvalue weighted by Gasteiger charge is -2.37. The molecule has 0 spiro atoms. The first kappa shape index (κ1) is 27.2. The van der Waals surface area contributed by atoms with Crippen molar-refractivity contribution in [3.05, 3.63) is 118 Å². The molecule has 4 aromatic rings. The zero-order chi connectivity index (χ0) is 28.7. The van der Waals surface area contributed by atoms with E-state index in [2.05, 4.69) is 4.90 Å². The number of hydrogen-bond donors (Lipinski definition) is 0. The van der Waals surface area contributed by atoms with Crippen LogP contribution >= 0.6 is 11.6 Å². The molecule has 0 saturated carbocycles. The normalized spacial score (nSPS) is 16.7. The summed E-state index contributed by atoms with van der Waals surface area (Å²) in [5, 5.41) is 0.670. The van der Waals surface area contributed by atoms with Gasteiger partial charge in [-0.1, -0.05) is 48.0 Å². The second-order valence-corrected chi connectivity index (χ2v) is 12.0. The van der Waals surface area contributed by atoms with E-state index in [-0.39, 0.29) is 12.5 Å². The van der Waals surface area contributed by atoms with Gasteiger partial charge in [0.25, 0.3) is 11.8 Å². The first-order chi connectivity index (χ1) is 19.8. The maximum Gasteiger partial charge on any atom is 0.259 e. The van der Waals surface area contributed by atoms with Crippen LogP contribution in [0.15, 0.2) is 94.7 Å². The molecule has 1 atom stereocenters. The number of benzene rings is 4. The van der Waals surface area contributed by atoms with E-state index < -0.39 is 22.5 Å². The van der Waals surface area contributed by atoms with Crippen LogP contribution in [0.5, 0.6) is 0 Å². The molecule has 41 heavy (non-hydrogen) atoms. The summed E-state index contributed by atoms with van der Waals surface area (Å²) in [7, 11) is -1.67. The second kappa shape index (κ2) is 11.1. The molecular formula is C32H27ClFN3O3S. The lowest BCUT2D eigenvalue weighted by molar-refractivity contribution is 0.0746. The van der Waals surface area contributed by atoms with Crippen molar-refractivity contribution >= 4 is 45.6 Å². The first-order valence-electron chi connectivity index (χ1n) is 13.3. The molecule has 6 rings (SSSR count). The van der Waals surface area contributed by atoms with Gasteiger partial charge in [0.15, 0.2) is 0 Å². The smallest absolute Gasteiger partial charge is 0.259 e. The van der Waals surface area contributed by atoms with Crippen molar-refractivity contribution in [2.45, 2.75) is 23.3 Å². The molecule has 6 nitrogen and oxygen atoms in total. The van der Waals surface area contributed by atoms with Crippen molar-refractivity contribution in [2.75, 3.05) is 36.0 Å². The molecule has 1 fully saturated rings. The molecule has 4 aromatic carbocycles. The molecule has 2 heterocycles. The third-order valence-corrected chi connectivity index (χ3v) is 9.36. The van der Waals surface area contributed by atoms with Crippen LogP contribution in [-0.2, 0) is 17.3 Å². The summed E-state index contributed by atoms with van der Waals surface area (Å²) in [6, 6.07) is 23.7. The van der Waals surface area contributed by atoms with Crippen LogP contribution in [-0.4, -0.2) is 47.1 Å². The monoisotopic (exact) mass is 587 g/mol. The average molecular weight is 588 g/mol. The number of aryl methyl sites for hydroxylation is 1. The molecule has 208 valence electrons. The number of fused-ring (bicyclic) bond motifs is 2. The van der Waals surface area contributed by atoms with E-state index in [9.17, 15) is 18.2 Å². The molecule has 1 saturated heterocycles. The number of piperazine rings is 1. The van der Waals surface area contributed by atoms with Gasteiger partial charge in [0.05, 0.1) is 38.4 Å². The summed E-state index contributed by atoms with van der Waals surface area (Å²) < 4.78 is 28.4. The van der Waals surface area contributed by atoms with Gasteiger partial charge in [0, 0.05) is 48.0 Å². The molecule has 1 unspecified atom stereocenters. The Bertz CT molecular complexity index is 1700. The summed E-state index contributed by atoms with van der Waals surface area (Å²) in [5.41, 5.74) is 3.50. The molecule has 2 amide bonds. The van der Waals surface area contributed by atoms with E-state index in [4.69, 9.17) is 11.6 Å². The molecule has 9 heteroatoms. The first-order valence-corrected chi connectivity index (χ1v) is 14.8. The van der Waals surface area contributed by atoms with Crippen LogP contribution in [0.3, 0.4) is 0 Å². The van der Waals surface area contributed by atoms with E-state index >= 15 is 0 Å². The van der Waals surface area contributed by atoms with Crippen molar-refractivity contribution in [1.82, 2.24) is 4.90 Å². The lowest BCUT2D eigenvalue weighted by atomic mass is 10.1. The number of nitrogens with zero attached hydrogens (tertiary/aromatic N) is 3. The van der Waals surface area contributed by atoms with Gasteiger partial charge < -0.3 is 14.7 Å². The molecule has 2 aliphatic rings. The Balaban J connectivity index is 1.32. The zero-order valence-electron chi connectivity index (χ0n) is 22.3. The highest BCUT2D eigenvalue weighted by atomic mass is 35.5. The van der Waals surface area contributed by atoms with Crippen molar-refractivity contribution in [2.24, 2.45) is 0 Å². The van der Waals surface area contributed by atoms with Gasteiger partial charge in [0.2, 0.25) is 0 Å². The molecule has 0 N–H and O–H groups in total. The number of anilines is 2. The van der Waals surface area contributed by atoms with E-state index in [0.717, 1.165) is 11.3 Å². The van der Waals surface area contributed by atoms with Gasteiger partial charge in [-0.2, -0.15) is 0 Å². The SMILES string of the molecule is Cc1ccc(Cl)cc1N1CCN(C(=O)c2ccc3c(c2)N(Cc2ccccc2F)C(=O)c2ccccc2S3=O)CC1. The zero-order valence-corrected chi connectivity index (χ0v) is 23.9. The van der Waals surface area contributed by atoms with Crippen molar-refractivity contribution in [3.8, 4) is 0 Å².